The molecule has 9 heteroatoms. The van der Waals surface area contributed by atoms with E-state index in [0.717, 1.165) is 54.6 Å². The summed E-state index contributed by atoms with van der Waals surface area (Å²) in [6.07, 6.45) is 6.87. The van der Waals surface area contributed by atoms with Crippen molar-refractivity contribution in [3.63, 3.8) is 0 Å². The predicted octanol–water partition coefficient (Wildman–Crippen LogP) is 4.83. The van der Waals surface area contributed by atoms with Gasteiger partial charge in [0, 0.05) is 31.2 Å². The third-order valence-corrected chi connectivity index (χ3v) is 5.54. The molecule has 0 amide bonds. The summed E-state index contributed by atoms with van der Waals surface area (Å²) in [6.45, 7) is 0.503. The maximum Gasteiger partial charge on any atom is 0.419 e. The molecule has 0 radical (unpaired) electrons. The average Bonchev–Trinajstić information content (AvgIpc) is 3.29. The molecule has 31 heavy (non-hydrogen) atoms. The molecule has 4 rings (SSSR count). The Balaban J connectivity index is 1.58. The Hall–Kier alpha value is -3.23. The summed E-state index contributed by atoms with van der Waals surface area (Å²) < 4.78 is 39.5. The van der Waals surface area contributed by atoms with E-state index in [2.05, 4.69) is 20.0 Å². The van der Waals surface area contributed by atoms with Gasteiger partial charge < -0.3 is 4.90 Å². The number of carbonyl (C=O) groups excluding carboxylic acids is 1. The highest BCUT2D eigenvalue weighted by atomic mass is 19.4. The molecule has 0 aromatic carbocycles. The van der Waals surface area contributed by atoms with Gasteiger partial charge in [-0.2, -0.15) is 18.3 Å². The average molecular weight is 429 g/mol. The zero-order chi connectivity index (χ0) is 21.8. The number of rotatable bonds is 6. The van der Waals surface area contributed by atoms with E-state index in [0.29, 0.717) is 23.7 Å². The summed E-state index contributed by atoms with van der Waals surface area (Å²) in [4.78, 5) is 22.5. The van der Waals surface area contributed by atoms with Crippen molar-refractivity contribution >= 4 is 12.1 Å². The van der Waals surface area contributed by atoms with Crippen molar-refractivity contribution in [1.82, 2.24) is 19.7 Å². The summed E-state index contributed by atoms with van der Waals surface area (Å²) in [7, 11) is 0. The minimum atomic E-state index is -4.45. The molecule has 162 valence electrons. The maximum atomic E-state index is 12.8. The van der Waals surface area contributed by atoms with Crippen LogP contribution in [0.5, 0.6) is 0 Å². The maximum absolute atomic E-state index is 12.8. The SMILES string of the molecule is O=Cc1cccnc1N(Cc1ccc(-n2cc(C(F)(F)F)cn2)nc1)C1CCCCC1. The van der Waals surface area contributed by atoms with Gasteiger partial charge in [-0.05, 0) is 36.6 Å². The van der Waals surface area contributed by atoms with E-state index in [1.807, 2.05) is 6.07 Å². The van der Waals surface area contributed by atoms with E-state index < -0.39 is 11.7 Å². The Kier molecular flexibility index (Phi) is 6.01. The number of aldehydes is 1. The largest absolute Gasteiger partial charge is 0.419 e. The number of halogens is 3. The highest BCUT2D eigenvalue weighted by molar-refractivity contribution is 5.82. The third kappa shape index (κ3) is 4.76. The number of aromatic nitrogens is 4. The lowest BCUT2D eigenvalue weighted by Crippen LogP contribution is -2.37. The van der Waals surface area contributed by atoms with Crippen LogP contribution in [0, 0.1) is 0 Å². The first-order valence-corrected chi connectivity index (χ1v) is 10.2. The Morgan fingerprint density at radius 2 is 1.90 bits per heavy atom. The number of alkyl halides is 3. The summed E-state index contributed by atoms with van der Waals surface area (Å²) in [6, 6.07) is 7.21. The van der Waals surface area contributed by atoms with Crippen LogP contribution in [0.15, 0.2) is 49.1 Å². The van der Waals surface area contributed by atoms with Gasteiger partial charge in [0.05, 0.1) is 17.3 Å². The van der Waals surface area contributed by atoms with Crippen LogP contribution in [0.1, 0.15) is 53.6 Å². The first kappa shape index (κ1) is 21.0. The van der Waals surface area contributed by atoms with E-state index in [4.69, 9.17) is 0 Å². The third-order valence-electron chi connectivity index (χ3n) is 5.54. The molecule has 1 aliphatic carbocycles. The Labute approximate surface area is 177 Å². The number of nitrogens with zero attached hydrogens (tertiary/aromatic N) is 5. The van der Waals surface area contributed by atoms with Gasteiger partial charge in [0.25, 0.3) is 0 Å². The zero-order valence-electron chi connectivity index (χ0n) is 16.8. The normalized spacial score (nSPS) is 15.1. The van der Waals surface area contributed by atoms with Crippen molar-refractivity contribution in [2.24, 2.45) is 0 Å². The first-order valence-electron chi connectivity index (χ1n) is 10.2. The molecule has 6 nitrogen and oxygen atoms in total. The number of hydrogen-bond donors (Lipinski definition) is 0. The standard InChI is InChI=1S/C22H22F3N5O/c23-22(24,25)18-12-28-30(14-18)20-9-8-16(11-27-20)13-29(19-6-2-1-3-7-19)21-17(15-31)5-4-10-26-21/h4-5,8-12,14-15,19H,1-3,6-7,13H2. The molecule has 3 aromatic rings. The molecule has 0 atom stereocenters. The molecule has 0 aliphatic heterocycles. The van der Waals surface area contributed by atoms with Gasteiger partial charge in [-0.15, -0.1) is 0 Å². The molecule has 0 unspecified atom stereocenters. The molecule has 3 heterocycles. The molecule has 0 spiro atoms. The van der Waals surface area contributed by atoms with Crippen molar-refractivity contribution in [2.75, 3.05) is 4.90 Å². The lowest BCUT2D eigenvalue weighted by Gasteiger charge is -2.36. The topological polar surface area (TPSA) is 63.9 Å². The minimum absolute atomic E-state index is 0.266. The molecule has 1 aliphatic rings. The molecule has 0 bridgehead atoms. The molecular formula is C22H22F3N5O. The summed E-state index contributed by atoms with van der Waals surface area (Å²) >= 11 is 0. The zero-order valence-corrected chi connectivity index (χ0v) is 16.8. The monoisotopic (exact) mass is 429 g/mol. The summed E-state index contributed by atoms with van der Waals surface area (Å²) in [5.74, 6) is 0.949. The van der Waals surface area contributed by atoms with Gasteiger partial charge in [-0.3, -0.25) is 4.79 Å². The second kappa shape index (κ2) is 8.87. The Morgan fingerprint density at radius 1 is 1.10 bits per heavy atom. The number of pyridine rings is 2. The fraction of sp³-hybridized carbons (Fsp3) is 0.364. The van der Waals surface area contributed by atoms with Crippen molar-refractivity contribution < 1.29 is 18.0 Å². The van der Waals surface area contributed by atoms with E-state index in [1.165, 1.54) is 6.42 Å². The van der Waals surface area contributed by atoms with E-state index >= 15 is 0 Å². The Morgan fingerprint density at radius 3 is 2.55 bits per heavy atom. The quantitative estimate of drug-likeness (QED) is 0.525. The Bertz CT molecular complexity index is 1030. The van der Waals surface area contributed by atoms with Crippen LogP contribution in [-0.2, 0) is 12.7 Å². The second-order valence-corrected chi connectivity index (χ2v) is 7.65. The van der Waals surface area contributed by atoms with Crippen molar-refractivity contribution in [1.29, 1.82) is 0 Å². The first-order chi connectivity index (χ1) is 15.0. The van der Waals surface area contributed by atoms with Crippen LogP contribution < -0.4 is 4.90 Å². The van der Waals surface area contributed by atoms with Crippen LogP contribution in [0.25, 0.3) is 5.82 Å². The molecule has 0 N–H and O–H groups in total. The molecule has 3 aromatic heterocycles. The summed E-state index contributed by atoms with van der Waals surface area (Å²) in [5, 5.41) is 3.76. The van der Waals surface area contributed by atoms with Crippen LogP contribution in [0.2, 0.25) is 0 Å². The lowest BCUT2D eigenvalue weighted by molar-refractivity contribution is -0.137. The van der Waals surface area contributed by atoms with E-state index in [1.54, 1.807) is 30.6 Å². The molecule has 1 saturated carbocycles. The van der Waals surface area contributed by atoms with Crippen LogP contribution >= 0.6 is 0 Å². The molecule has 0 saturated heterocycles. The van der Waals surface area contributed by atoms with Crippen LogP contribution in [0.3, 0.4) is 0 Å². The van der Waals surface area contributed by atoms with Gasteiger partial charge >= 0.3 is 6.18 Å². The van der Waals surface area contributed by atoms with Gasteiger partial charge in [0.15, 0.2) is 12.1 Å². The smallest absolute Gasteiger partial charge is 0.349 e. The second-order valence-electron chi connectivity index (χ2n) is 7.65. The lowest BCUT2D eigenvalue weighted by atomic mass is 9.93. The van der Waals surface area contributed by atoms with Crippen molar-refractivity contribution in [2.45, 2.75) is 50.9 Å². The highest BCUT2D eigenvalue weighted by Gasteiger charge is 2.32. The fourth-order valence-electron chi connectivity index (χ4n) is 3.95. The predicted molar refractivity (Wildman–Crippen MR) is 109 cm³/mol. The van der Waals surface area contributed by atoms with E-state index in [9.17, 15) is 18.0 Å². The number of hydrogen-bond acceptors (Lipinski definition) is 5. The van der Waals surface area contributed by atoms with Crippen molar-refractivity contribution in [3.05, 3.63) is 65.7 Å². The van der Waals surface area contributed by atoms with Gasteiger partial charge in [-0.1, -0.05) is 25.3 Å². The fourth-order valence-corrected chi connectivity index (χ4v) is 3.95. The molecular weight excluding hydrogens is 407 g/mol. The van der Waals surface area contributed by atoms with Crippen LogP contribution in [-0.4, -0.2) is 32.1 Å². The van der Waals surface area contributed by atoms with E-state index in [-0.39, 0.29) is 6.04 Å². The van der Waals surface area contributed by atoms with Gasteiger partial charge in [0.1, 0.15) is 5.82 Å². The summed E-state index contributed by atoms with van der Waals surface area (Å²) in [5.41, 5.74) is 0.590. The van der Waals surface area contributed by atoms with Crippen molar-refractivity contribution in [3.8, 4) is 5.82 Å². The van der Waals surface area contributed by atoms with Gasteiger partial charge in [-0.25, -0.2) is 14.6 Å². The van der Waals surface area contributed by atoms with Gasteiger partial charge in [0.2, 0.25) is 0 Å². The number of carbonyl (C=O) groups is 1. The highest BCUT2D eigenvalue weighted by Crippen LogP contribution is 2.30. The minimum Gasteiger partial charge on any atom is -0.349 e. The number of anilines is 1. The van der Waals surface area contributed by atoms with Crippen LogP contribution in [0.4, 0.5) is 19.0 Å². The molecule has 1 fully saturated rings.